The van der Waals surface area contributed by atoms with Crippen LogP contribution in [0.2, 0.25) is 0 Å². The highest BCUT2D eigenvalue weighted by atomic mass is 19.2. The fourth-order valence-corrected chi connectivity index (χ4v) is 1.53. The number of hydrogen-bond donors (Lipinski definition) is 1. The summed E-state index contributed by atoms with van der Waals surface area (Å²) < 4.78 is 27.3. The summed E-state index contributed by atoms with van der Waals surface area (Å²) in [6.07, 6.45) is 2.73. The van der Waals surface area contributed by atoms with Crippen molar-refractivity contribution >= 4 is 0 Å². The first kappa shape index (κ1) is 12.6. The Morgan fingerprint density at radius 1 is 1.28 bits per heavy atom. The van der Waals surface area contributed by atoms with Gasteiger partial charge < -0.3 is 5.32 Å². The average molecular weight is 252 g/mol. The average Bonchev–Trinajstić information content (AvgIpc) is 2.82. The third-order valence-corrected chi connectivity index (χ3v) is 2.44. The third-order valence-electron chi connectivity index (χ3n) is 2.44. The summed E-state index contributed by atoms with van der Waals surface area (Å²) in [5.41, 5.74) is 1.20. The van der Waals surface area contributed by atoms with Crippen molar-refractivity contribution in [1.82, 2.24) is 20.3 Å². The van der Waals surface area contributed by atoms with E-state index >= 15 is 0 Å². The van der Waals surface area contributed by atoms with Crippen LogP contribution in [0.5, 0.6) is 0 Å². The van der Waals surface area contributed by atoms with Crippen molar-refractivity contribution in [2.75, 3.05) is 6.54 Å². The molecular formula is C12H14F2N4. The highest BCUT2D eigenvalue weighted by molar-refractivity contribution is 5.31. The summed E-state index contributed by atoms with van der Waals surface area (Å²) in [5.74, 6) is -1.77. The van der Waals surface area contributed by atoms with Crippen molar-refractivity contribution in [3.8, 4) is 5.69 Å². The molecule has 1 aromatic carbocycles. The first-order valence-corrected chi connectivity index (χ1v) is 5.78. The van der Waals surface area contributed by atoms with Crippen molar-refractivity contribution in [2.45, 2.75) is 19.9 Å². The summed E-state index contributed by atoms with van der Waals surface area (Å²) in [6.45, 7) is 3.58. The fraction of sp³-hybridized carbons (Fsp3) is 0.333. The van der Waals surface area contributed by atoms with Gasteiger partial charge in [0.1, 0.15) is 0 Å². The molecule has 1 N–H and O–H groups in total. The zero-order valence-corrected chi connectivity index (χ0v) is 10.0. The molecule has 4 nitrogen and oxygen atoms in total. The molecule has 6 heteroatoms. The van der Waals surface area contributed by atoms with E-state index < -0.39 is 11.6 Å². The molecule has 0 saturated carbocycles. The van der Waals surface area contributed by atoms with E-state index in [1.54, 1.807) is 6.20 Å². The van der Waals surface area contributed by atoms with E-state index in [9.17, 15) is 8.78 Å². The van der Waals surface area contributed by atoms with E-state index in [1.165, 1.54) is 10.7 Å². The first-order chi connectivity index (χ1) is 8.70. The Bertz CT molecular complexity index is 525. The molecular weight excluding hydrogens is 238 g/mol. The lowest BCUT2D eigenvalue weighted by atomic mass is 10.3. The highest BCUT2D eigenvalue weighted by Crippen LogP contribution is 2.12. The Labute approximate surface area is 104 Å². The molecule has 0 atom stereocenters. The van der Waals surface area contributed by atoms with Gasteiger partial charge in [-0.3, -0.25) is 0 Å². The Balaban J connectivity index is 2.11. The lowest BCUT2D eigenvalue weighted by Crippen LogP contribution is -2.13. The molecule has 0 aliphatic rings. The van der Waals surface area contributed by atoms with Gasteiger partial charge in [0.2, 0.25) is 0 Å². The Morgan fingerprint density at radius 3 is 2.83 bits per heavy atom. The van der Waals surface area contributed by atoms with Crippen LogP contribution in [0.3, 0.4) is 0 Å². The van der Waals surface area contributed by atoms with Crippen LogP contribution in [0, 0.1) is 11.6 Å². The molecule has 18 heavy (non-hydrogen) atoms. The second kappa shape index (κ2) is 5.68. The molecule has 0 amide bonds. The molecule has 1 heterocycles. The molecule has 2 rings (SSSR count). The standard InChI is InChI=1S/C12H14F2N4/c1-2-5-15-7-9-8-18(17-16-9)10-3-4-11(13)12(14)6-10/h3-4,6,8,15H,2,5,7H2,1H3. The van der Waals surface area contributed by atoms with E-state index in [0.29, 0.717) is 12.2 Å². The van der Waals surface area contributed by atoms with Gasteiger partial charge in [-0.25, -0.2) is 13.5 Å². The summed E-state index contributed by atoms with van der Waals surface area (Å²) in [4.78, 5) is 0. The zero-order valence-electron chi connectivity index (χ0n) is 10.0. The van der Waals surface area contributed by atoms with E-state index in [4.69, 9.17) is 0 Å². The van der Waals surface area contributed by atoms with Crippen LogP contribution < -0.4 is 5.32 Å². The second-order valence-corrected chi connectivity index (χ2v) is 3.93. The number of benzene rings is 1. The maximum Gasteiger partial charge on any atom is 0.160 e. The monoisotopic (exact) mass is 252 g/mol. The molecule has 2 aromatic rings. The number of nitrogens with zero attached hydrogens (tertiary/aromatic N) is 3. The van der Waals surface area contributed by atoms with E-state index in [2.05, 4.69) is 22.6 Å². The molecule has 96 valence electrons. The molecule has 0 unspecified atom stereocenters. The quantitative estimate of drug-likeness (QED) is 0.828. The predicted molar refractivity (Wildman–Crippen MR) is 63.3 cm³/mol. The fourth-order valence-electron chi connectivity index (χ4n) is 1.53. The minimum atomic E-state index is -0.895. The van der Waals surface area contributed by atoms with Crippen molar-refractivity contribution < 1.29 is 8.78 Å². The van der Waals surface area contributed by atoms with Crippen LogP contribution in [0.15, 0.2) is 24.4 Å². The van der Waals surface area contributed by atoms with Gasteiger partial charge in [0.25, 0.3) is 0 Å². The van der Waals surface area contributed by atoms with E-state index in [0.717, 1.165) is 30.8 Å². The van der Waals surface area contributed by atoms with Gasteiger partial charge in [-0.15, -0.1) is 5.10 Å². The van der Waals surface area contributed by atoms with Gasteiger partial charge in [-0.05, 0) is 25.1 Å². The normalized spacial score (nSPS) is 10.8. The molecule has 0 spiro atoms. The minimum absolute atomic E-state index is 0.447. The van der Waals surface area contributed by atoms with Crippen LogP contribution in [0.25, 0.3) is 5.69 Å². The Hall–Kier alpha value is -1.82. The van der Waals surface area contributed by atoms with Crippen LogP contribution in [-0.2, 0) is 6.54 Å². The maximum atomic E-state index is 13.1. The maximum absolute atomic E-state index is 13.1. The lowest BCUT2D eigenvalue weighted by molar-refractivity contribution is 0.507. The molecule has 0 aliphatic heterocycles. The number of nitrogens with one attached hydrogen (secondary N) is 1. The van der Waals surface area contributed by atoms with Crippen molar-refractivity contribution in [2.24, 2.45) is 0 Å². The largest absolute Gasteiger partial charge is 0.311 e. The van der Waals surface area contributed by atoms with Crippen molar-refractivity contribution in [3.05, 3.63) is 41.7 Å². The second-order valence-electron chi connectivity index (χ2n) is 3.93. The highest BCUT2D eigenvalue weighted by Gasteiger charge is 2.06. The van der Waals surface area contributed by atoms with Crippen molar-refractivity contribution in [3.63, 3.8) is 0 Å². The Morgan fingerprint density at radius 2 is 2.11 bits per heavy atom. The first-order valence-electron chi connectivity index (χ1n) is 5.78. The van der Waals surface area contributed by atoms with E-state index in [-0.39, 0.29) is 0 Å². The van der Waals surface area contributed by atoms with Gasteiger partial charge in [0.05, 0.1) is 17.6 Å². The number of hydrogen-bond acceptors (Lipinski definition) is 3. The minimum Gasteiger partial charge on any atom is -0.311 e. The van der Waals surface area contributed by atoms with Gasteiger partial charge >= 0.3 is 0 Å². The van der Waals surface area contributed by atoms with Gasteiger partial charge in [-0.1, -0.05) is 12.1 Å². The van der Waals surface area contributed by atoms with Crippen LogP contribution in [0.4, 0.5) is 8.78 Å². The summed E-state index contributed by atoms with van der Waals surface area (Å²) in [5, 5.41) is 11.0. The molecule has 0 fully saturated rings. The zero-order chi connectivity index (χ0) is 13.0. The number of aromatic nitrogens is 3. The van der Waals surface area contributed by atoms with Crippen LogP contribution >= 0.6 is 0 Å². The molecule has 0 aliphatic carbocycles. The number of halogens is 2. The molecule has 0 saturated heterocycles. The third kappa shape index (κ3) is 2.89. The lowest BCUT2D eigenvalue weighted by Gasteiger charge is -2.00. The van der Waals surface area contributed by atoms with Crippen LogP contribution in [-0.4, -0.2) is 21.5 Å². The molecule has 1 aromatic heterocycles. The van der Waals surface area contributed by atoms with Gasteiger partial charge in [0.15, 0.2) is 11.6 Å². The SMILES string of the molecule is CCCNCc1cn(-c2ccc(F)c(F)c2)nn1. The smallest absolute Gasteiger partial charge is 0.160 e. The summed E-state index contributed by atoms with van der Waals surface area (Å²) in [6, 6.07) is 3.62. The Kier molecular flexibility index (Phi) is 3.99. The topological polar surface area (TPSA) is 42.7 Å². The van der Waals surface area contributed by atoms with Gasteiger partial charge in [-0.2, -0.15) is 0 Å². The number of rotatable bonds is 5. The molecule has 0 bridgehead atoms. The van der Waals surface area contributed by atoms with E-state index in [1.807, 2.05) is 0 Å². The van der Waals surface area contributed by atoms with Crippen LogP contribution in [0.1, 0.15) is 19.0 Å². The van der Waals surface area contributed by atoms with Gasteiger partial charge in [0, 0.05) is 12.6 Å². The predicted octanol–water partition coefficient (Wildman–Crippen LogP) is 2.05. The van der Waals surface area contributed by atoms with Crippen molar-refractivity contribution in [1.29, 1.82) is 0 Å². The summed E-state index contributed by atoms with van der Waals surface area (Å²) in [7, 11) is 0. The molecule has 0 radical (unpaired) electrons. The summed E-state index contributed by atoms with van der Waals surface area (Å²) >= 11 is 0.